The van der Waals surface area contributed by atoms with Gasteiger partial charge >= 0.3 is 0 Å². The summed E-state index contributed by atoms with van der Waals surface area (Å²) in [5.41, 5.74) is 1.05. The van der Waals surface area contributed by atoms with Crippen LogP contribution in [-0.4, -0.2) is 16.0 Å². The van der Waals surface area contributed by atoms with E-state index in [0.717, 1.165) is 0 Å². The van der Waals surface area contributed by atoms with Crippen molar-refractivity contribution >= 4 is 5.78 Å². The standard InChI is InChI=1S/C19H14O4/c20-15-5-1-13(2-6-15)19(22)14-3-9-17(10-4-14)23-18-11-7-16(21)8-12-18/h1-12,20-21H. The molecule has 0 heterocycles. The maximum Gasteiger partial charge on any atom is 0.193 e. The van der Waals surface area contributed by atoms with Crippen molar-refractivity contribution in [2.75, 3.05) is 0 Å². The van der Waals surface area contributed by atoms with Crippen LogP contribution in [-0.2, 0) is 0 Å². The van der Waals surface area contributed by atoms with Crippen LogP contribution in [0.25, 0.3) is 0 Å². The number of carbonyl (C=O) groups is 1. The van der Waals surface area contributed by atoms with Gasteiger partial charge < -0.3 is 14.9 Å². The van der Waals surface area contributed by atoms with Gasteiger partial charge in [0, 0.05) is 11.1 Å². The van der Waals surface area contributed by atoms with Crippen LogP contribution < -0.4 is 4.74 Å². The molecule has 0 radical (unpaired) electrons. The monoisotopic (exact) mass is 306 g/mol. The SMILES string of the molecule is O=C(c1ccc(O)cc1)c1ccc(Oc2ccc(O)cc2)cc1. The van der Waals surface area contributed by atoms with E-state index in [1.165, 1.54) is 24.3 Å². The summed E-state index contributed by atoms with van der Waals surface area (Å²) >= 11 is 0. The molecular weight excluding hydrogens is 292 g/mol. The van der Waals surface area contributed by atoms with Gasteiger partial charge in [-0.1, -0.05) is 0 Å². The fraction of sp³-hybridized carbons (Fsp3) is 0. The number of hydrogen-bond donors (Lipinski definition) is 2. The zero-order valence-corrected chi connectivity index (χ0v) is 12.1. The highest BCUT2D eigenvalue weighted by Crippen LogP contribution is 2.24. The third-order valence-electron chi connectivity index (χ3n) is 3.32. The Bertz CT molecular complexity index is 803. The van der Waals surface area contributed by atoms with Crippen molar-refractivity contribution in [3.8, 4) is 23.0 Å². The van der Waals surface area contributed by atoms with E-state index in [1.54, 1.807) is 48.5 Å². The fourth-order valence-electron chi connectivity index (χ4n) is 2.10. The van der Waals surface area contributed by atoms with Gasteiger partial charge in [0.25, 0.3) is 0 Å². The van der Waals surface area contributed by atoms with Gasteiger partial charge in [-0.05, 0) is 72.8 Å². The van der Waals surface area contributed by atoms with Crippen LogP contribution in [0.2, 0.25) is 0 Å². The van der Waals surface area contributed by atoms with Gasteiger partial charge in [-0.3, -0.25) is 4.79 Å². The number of rotatable bonds is 4. The molecular formula is C19H14O4. The second-order valence-electron chi connectivity index (χ2n) is 5.00. The first-order chi connectivity index (χ1) is 11.1. The van der Waals surface area contributed by atoms with Crippen LogP contribution in [0.3, 0.4) is 0 Å². The summed E-state index contributed by atoms with van der Waals surface area (Å²) in [7, 11) is 0. The fourth-order valence-corrected chi connectivity index (χ4v) is 2.10. The second-order valence-corrected chi connectivity index (χ2v) is 5.00. The minimum Gasteiger partial charge on any atom is -0.508 e. The molecule has 0 unspecified atom stereocenters. The number of benzene rings is 3. The average molecular weight is 306 g/mol. The van der Waals surface area contributed by atoms with Crippen molar-refractivity contribution in [3.05, 3.63) is 83.9 Å². The Hall–Kier alpha value is -3.27. The molecule has 3 aromatic rings. The zero-order valence-electron chi connectivity index (χ0n) is 12.1. The summed E-state index contributed by atoms with van der Waals surface area (Å²) in [6, 6.07) is 19.3. The lowest BCUT2D eigenvalue weighted by Gasteiger charge is -2.07. The van der Waals surface area contributed by atoms with E-state index >= 15 is 0 Å². The molecule has 0 bridgehead atoms. The Morgan fingerprint density at radius 3 is 1.43 bits per heavy atom. The van der Waals surface area contributed by atoms with E-state index in [9.17, 15) is 15.0 Å². The first kappa shape index (κ1) is 14.7. The molecule has 0 saturated heterocycles. The number of aromatic hydroxyl groups is 2. The Kier molecular flexibility index (Phi) is 3.97. The molecule has 3 rings (SSSR count). The summed E-state index contributed by atoms with van der Waals surface area (Å²) in [6.07, 6.45) is 0. The molecule has 0 aliphatic rings. The van der Waals surface area contributed by atoms with Crippen LogP contribution in [0.1, 0.15) is 15.9 Å². The van der Waals surface area contributed by atoms with E-state index in [1.807, 2.05) is 0 Å². The molecule has 0 amide bonds. The number of ether oxygens (including phenoxy) is 1. The molecule has 23 heavy (non-hydrogen) atoms. The molecule has 0 aromatic heterocycles. The summed E-state index contributed by atoms with van der Waals surface area (Å²) in [6.45, 7) is 0. The number of ketones is 1. The molecule has 3 aromatic carbocycles. The molecule has 0 saturated carbocycles. The van der Waals surface area contributed by atoms with Crippen LogP contribution >= 0.6 is 0 Å². The van der Waals surface area contributed by atoms with E-state index in [0.29, 0.717) is 22.6 Å². The molecule has 4 heteroatoms. The molecule has 0 aliphatic heterocycles. The largest absolute Gasteiger partial charge is 0.508 e. The van der Waals surface area contributed by atoms with Crippen molar-refractivity contribution in [3.63, 3.8) is 0 Å². The second kappa shape index (κ2) is 6.23. The Labute approximate surface area is 133 Å². The van der Waals surface area contributed by atoms with Crippen molar-refractivity contribution < 1.29 is 19.7 Å². The highest BCUT2D eigenvalue weighted by Gasteiger charge is 2.09. The first-order valence-electron chi connectivity index (χ1n) is 7.02. The van der Waals surface area contributed by atoms with Crippen molar-refractivity contribution in [2.24, 2.45) is 0 Å². The van der Waals surface area contributed by atoms with Gasteiger partial charge in [0.05, 0.1) is 0 Å². The summed E-state index contributed by atoms with van der Waals surface area (Å²) in [5, 5.41) is 18.5. The van der Waals surface area contributed by atoms with Crippen LogP contribution in [0, 0.1) is 0 Å². The quantitative estimate of drug-likeness (QED) is 0.711. The molecule has 2 N–H and O–H groups in total. The Morgan fingerprint density at radius 1 is 0.609 bits per heavy atom. The van der Waals surface area contributed by atoms with Crippen LogP contribution in [0.4, 0.5) is 0 Å². The number of carbonyl (C=O) groups excluding carboxylic acids is 1. The van der Waals surface area contributed by atoms with E-state index < -0.39 is 0 Å². The first-order valence-corrected chi connectivity index (χ1v) is 7.02. The highest BCUT2D eigenvalue weighted by molar-refractivity contribution is 6.09. The lowest BCUT2D eigenvalue weighted by atomic mass is 10.0. The van der Waals surface area contributed by atoms with Crippen LogP contribution in [0.15, 0.2) is 72.8 Å². The van der Waals surface area contributed by atoms with E-state index in [-0.39, 0.29) is 17.3 Å². The third-order valence-corrected chi connectivity index (χ3v) is 3.32. The summed E-state index contributed by atoms with van der Waals surface area (Å²) in [4.78, 5) is 12.3. The molecule has 0 aliphatic carbocycles. The topological polar surface area (TPSA) is 66.8 Å². The van der Waals surface area contributed by atoms with Gasteiger partial charge in [0.1, 0.15) is 23.0 Å². The third kappa shape index (κ3) is 3.49. The Balaban J connectivity index is 1.75. The lowest BCUT2D eigenvalue weighted by molar-refractivity contribution is 0.103. The smallest absolute Gasteiger partial charge is 0.193 e. The Morgan fingerprint density at radius 2 is 0.957 bits per heavy atom. The van der Waals surface area contributed by atoms with Crippen molar-refractivity contribution in [1.29, 1.82) is 0 Å². The molecule has 0 spiro atoms. The van der Waals surface area contributed by atoms with Crippen molar-refractivity contribution in [2.45, 2.75) is 0 Å². The minimum atomic E-state index is -0.124. The van der Waals surface area contributed by atoms with Gasteiger partial charge in [-0.2, -0.15) is 0 Å². The van der Waals surface area contributed by atoms with E-state index in [4.69, 9.17) is 4.74 Å². The van der Waals surface area contributed by atoms with Gasteiger partial charge in [-0.15, -0.1) is 0 Å². The predicted molar refractivity (Wildman–Crippen MR) is 86.2 cm³/mol. The summed E-state index contributed by atoms with van der Waals surface area (Å²) < 4.78 is 5.63. The van der Waals surface area contributed by atoms with Crippen LogP contribution in [0.5, 0.6) is 23.0 Å². The maximum atomic E-state index is 12.3. The van der Waals surface area contributed by atoms with Gasteiger partial charge in [-0.25, -0.2) is 0 Å². The van der Waals surface area contributed by atoms with Gasteiger partial charge in [0.2, 0.25) is 0 Å². The predicted octanol–water partition coefficient (Wildman–Crippen LogP) is 4.12. The average Bonchev–Trinajstić information content (AvgIpc) is 2.58. The number of hydrogen-bond acceptors (Lipinski definition) is 4. The zero-order chi connectivity index (χ0) is 16.2. The highest BCUT2D eigenvalue weighted by atomic mass is 16.5. The molecule has 114 valence electrons. The maximum absolute atomic E-state index is 12.3. The molecule has 0 fully saturated rings. The lowest BCUT2D eigenvalue weighted by Crippen LogP contribution is -2.00. The van der Waals surface area contributed by atoms with Gasteiger partial charge in [0.15, 0.2) is 5.78 Å². The van der Waals surface area contributed by atoms with E-state index in [2.05, 4.69) is 0 Å². The number of phenolic OH excluding ortho intramolecular Hbond substituents is 2. The summed E-state index contributed by atoms with van der Waals surface area (Å²) in [5.74, 6) is 1.37. The molecule has 0 atom stereocenters. The minimum absolute atomic E-state index is 0.124. The number of phenols is 2. The van der Waals surface area contributed by atoms with Crippen molar-refractivity contribution in [1.82, 2.24) is 0 Å². The normalized spacial score (nSPS) is 10.3. The molecule has 4 nitrogen and oxygen atoms in total.